The Kier molecular flexibility index (Phi) is 6.49. The molecule has 0 fully saturated rings. The molecule has 0 radical (unpaired) electrons. The van der Waals surface area contributed by atoms with Crippen LogP contribution in [0.3, 0.4) is 0 Å². The predicted octanol–water partition coefficient (Wildman–Crippen LogP) is 4.36. The maximum atomic E-state index is 12.1. The molecule has 0 bridgehead atoms. The van der Waals surface area contributed by atoms with Gasteiger partial charge in [-0.1, -0.05) is 23.4 Å². The van der Waals surface area contributed by atoms with E-state index in [4.69, 9.17) is 20.8 Å². The lowest BCUT2D eigenvalue weighted by Gasteiger charge is -2.05. The SMILES string of the molecule is CCOC(=O)c1ccc(NC(=O)CSc2nnc(-c3ccc(Cl)s3)o2)cc1. The van der Waals surface area contributed by atoms with E-state index in [2.05, 4.69) is 15.5 Å². The highest BCUT2D eigenvalue weighted by Crippen LogP contribution is 2.31. The van der Waals surface area contributed by atoms with E-state index in [1.807, 2.05) is 0 Å². The van der Waals surface area contributed by atoms with E-state index < -0.39 is 5.97 Å². The topological polar surface area (TPSA) is 94.3 Å². The van der Waals surface area contributed by atoms with E-state index in [0.717, 1.165) is 16.6 Å². The van der Waals surface area contributed by atoms with Gasteiger partial charge in [-0.25, -0.2) is 4.79 Å². The number of benzene rings is 1. The summed E-state index contributed by atoms with van der Waals surface area (Å²) in [7, 11) is 0. The van der Waals surface area contributed by atoms with Crippen LogP contribution in [0.1, 0.15) is 17.3 Å². The molecule has 0 aliphatic carbocycles. The van der Waals surface area contributed by atoms with Crippen LogP contribution in [-0.4, -0.2) is 34.4 Å². The number of ether oxygens (including phenoxy) is 1. The summed E-state index contributed by atoms with van der Waals surface area (Å²) in [4.78, 5) is 24.4. The van der Waals surface area contributed by atoms with Crippen molar-refractivity contribution in [1.82, 2.24) is 10.2 Å². The van der Waals surface area contributed by atoms with Crippen LogP contribution in [0.4, 0.5) is 5.69 Å². The van der Waals surface area contributed by atoms with Crippen molar-refractivity contribution >= 4 is 52.3 Å². The van der Waals surface area contributed by atoms with Crippen LogP contribution in [-0.2, 0) is 9.53 Å². The Morgan fingerprint density at radius 3 is 2.67 bits per heavy atom. The lowest BCUT2D eigenvalue weighted by Crippen LogP contribution is -2.14. The van der Waals surface area contributed by atoms with Crippen LogP contribution < -0.4 is 5.32 Å². The lowest BCUT2D eigenvalue weighted by molar-refractivity contribution is -0.113. The van der Waals surface area contributed by atoms with Crippen LogP contribution in [0.5, 0.6) is 0 Å². The predicted molar refractivity (Wildman–Crippen MR) is 104 cm³/mol. The zero-order valence-corrected chi connectivity index (χ0v) is 16.5. The van der Waals surface area contributed by atoms with Crippen LogP contribution in [0.2, 0.25) is 4.34 Å². The minimum atomic E-state index is -0.398. The molecule has 2 aromatic heterocycles. The van der Waals surface area contributed by atoms with Crippen LogP contribution in [0, 0.1) is 0 Å². The first kappa shape index (κ1) is 19.4. The average molecular weight is 424 g/mol. The number of carbonyl (C=O) groups is 2. The van der Waals surface area contributed by atoms with E-state index in [1.165, 1.54) is 11.3 Å². The molecule has 3 rings (SSSR count). The summed E-state index contributed by atoms with van der Waals surface area (Å²) in [6, 6.07) is 10.0. The molecule has 7 nitrogen and oxygen atoms in total. The number of carbonyl (C=O) groups excluding carboxylic acids is 2. The summed E-state index contributed by atoms with van der Waals surface area (Å²) >= 11 is 8.35. The third-order valence-corrected chi connectivity index (χ3v) is 5.23. The van der Waals surface area contributed by atoms with Gasteiger partial charge in [0.25, 0.3) is 11.1 Å². The Bertz CT molecular complexity index is 940. The van der Waals surface area contributed by atoms with Crippen LogP contribution >= 0.6 is 34.7 Å². The highest BCUT2D eigenvalue weighted by Gasteiger charge is 2.13. The number of nitrogens with one attached hydrogen (secondary N) is 1. The summed E-state index contributed by atoms with van der Waals surface area (Å²) in [5.41, 5.74) is 1.00. The zero-order chi connectivity index (χ0) is 19.2. The lowest BCUT2D eigenvalue weighted by atomic mass is 10.2. The Morgan fingerprint density at radius 1 is 1.22 bits per heavy atom. The number of esters is 1. The van der Waals surface area contributed by atoms with Crippen molar-refractivity contribution in [3.05, 3.63) is 46.3 Å². The molecule has 140 valence electrons. The molecule has 0 aliphatic rings. The largest absolute Gasteiger partial charge is 0.462 e. The number of nitrogens with zero attached hydrogens (tertiary/aromatic N) is 2. The fourth-order valence-electron chi connectivity index (χ4n) is 2.03. The molecule has 0 spiro atoms. The smallest absolute Gasteiger partial charge is 0.338 e. The second kappa shape index (κ2) is 9.03. The average Bonchev–Trinajstić information content (AvgIpc) is 3.29. The van der Waals surface area contributed by atoms with Crippen molar-refractivity contribution in [2.45, 2.75) is 12.1 Å². The van der Waals surface area contributed by atoms with Gasteiger partial charge in [-0.15, -0.1) is 21.5 Å². The number of halogens is 1. The molecule has 1 aromatic carbocycles. The summed E-state index contributed by atoms with van der Waals surface area (Å²) in [5, 5.41) is 10.9. The third kappa shape index (κ3) is 5.31. The summed E-state index contributed by atoms with van der Waals surface area (Å²) in [6.45, 7) is 2.05. The molecular weight excluding hydrogens is 410 g/mol. The number of anilines is 1. The van der Waals surface area contributed by atoms with E-state index >= 15 is 0 Å². The summed E-state index contributed by atoms with van der Waals surface area (Å²) in [5.74, 6) is -0.163. The van der Waals surface area contributed by atoms with Gasteiger partial charge in [0, 0.05) is 5.69 Å². The Hall–Kier alpha value is -2.36. The van der Waals surface area contributed by atoms with Crippen LogP contribution in [0.25, 0.3) is 10.8 Å². The fourth-order valence-corrected chi connectivity index (χ4v) is 3.55. The molecule has 0 saturated carbocycles. The third-order valence-electron chi connectivity index (χ3n) is 3.20. The molecule has 0 atom stereocenters. The number of thioether (sulfide) groups is 1. The van der Waals surface area contributed by atoms with Gasteiger partial charge in [0.2, 0.25) is 5.91 Å². The van der Waals surface area contributed by atoms with Crippen molar-refractivity contribution in [3.8, 4) is 10.8 Å². The quantitative estimate of drug-likeness (QED) is 0.445. The number of hydrogen-bond donors (Lipinski definition) is 1. The van der Waals surface area contributed by atoms with Gasteiger partial charge >= 0.3 is 5.97 Å². The van der Waals surface area contributed by atoms with Gasteiger partial charge in [0.1, 0.15) is 0 Å². The first-order valence-corrected chi connectivity index (χ1v) is 10.0. The maximum absolute atomic E-state index is 12.1. The van der Waals surface area contributed by atoms with E-state index in [-0.39, 0.29) is 11.7 Å². The second-order valence-electron chi connectivity index (χ2n) is 5.11. The number of hydrogen-bond acceptors (Lipinski definition) is 8. The molecule has 0 saturated heterocycles. The molecule has 10 heteroatoms. The molecule has 0 unspecified atom stereocenters. The zero-order valence-electron chi connectivity index (χ0n) is 14.1. The minimum Gasteiger partial charge on any atom is -0.462 e. The minimum absolute atomic E-state index is 0.104. The maximum Gasteiger partial charge on any atom is 0.338 e. The monoisotopic (exact) mass is 423 g/mol. The number of thiophene rings is 1. The van der Waals surface area contributed by atoms with E-state index in [9.17, 15) is 9.59 Å². The van der Waals surface area contributed by atoms with Crippen molar-refractivity contribution in [2.75, 3.05) is 17.7 Å². The highest BCUT2D eigenvalue weighted by molar-refractivity contribution is 7.99. The molecule has 1 N–H and O–H groups in total. The number of rotatable bonds is 7. The Balaban J connectivity index is 1.51. The molecule has 27 heavy (non-hydrogen) atoms. The van der Waals surface area contributed by atoms with Gasteiger partial charge in [0.15, 0.2) is 0 Å². The first-order valence-electron chi connectivity index (χ1n) is 7.84. The van der Waals surface area contributed by atoms with Crippen molar-refractivity contribution < 1.29 is 18.7 Å². The molecule has 2 heterocycles. The Labute approximate surface area is 168 Å². The van der Waals surface area contributed by atoms with E-state index in [1.54, 1.807) is 43.3 Å². The number of amides is 1. The van der Waals surface area contributed by atoms with Gasteiger partial charge in [-0.2, -0.15) is 0 Å². The molecule has 1 amide bonds. The van der Waals surface area contributed by atoms with E-state index in [0.29, 0.717) is 33.3 Å². The normalized spacial score (nSPS) is 10.6. The van der Waals surface area contributed by atoms with Gasteiger partial charge < -0.3 is 14.5 Å². The van der Waals surface area contributed by atoms with Crippen molar-refractivity contribution in [1.29, 1.82) is 0 Å². The Morgan fingerprint density at radius 2 is 2.00 bits per heavy atom. The van der Waals surface area contributed by atoms with Crippen molar-refractivity contribution in [3.63, 3.8) is 0 Å². The molecule has 3 aromatic rings. The standard InChI is InChI=1S/C17H14ClN3O4S2/c1-2-24-16(23)10-3-5-11(6-4-10)19-14(22)9-26-17-21-20-15(25-17)12-7-8-13(18)27-12/h3-8H,2,9H2,1H3,(H,19,22). The fraction of sp³-hybridized carbons (Fsp3) is 0.176. The van der Waals surface area contributed by atoms with Gasteiger partial charge in [0.05, 0.1) is 27.1 Å². The highest BCUT2D eigenvalue weighted by atomic mass is 35.5. The van der Waals surface area contributed by atoms with Gasteiger partial charge in [-0.05, 0) is 43.3 Å². The first-order chi connectivity index (χ1) is 13.0. The second-order valence-corrected chi connectivity index (χ2v) is 7.75. The number of aromatic nitrogens is 2. The van der Waals surface area contributed by atoms with Gasteiger partial charge in [-0.3, -0.25) is 4.79 Å². The summed E-state index contributed by atoms with van der Waals surface area (Å²) < 4.78 is 11.1. The van der Waals surface area contributed by atoms with Crippen molar-refractivity contribution in [2.24, 2.45) is 0 Å². The summed E-state index contributed by atoms with van der Waals surface area (Å²) in [6.07, 6.45) is 0. The molecular formula is C17H14ClN3O4S2. The van der Waals surface area contributed by atoms with Crippen LogP contribution in [0.15, 0.2) is 46.0 Å². The molecule has 0 aliphatic heterocycles.